The summed E-state index contributed by atoms with van der Waals surface area (Å²) in [4.78, 5) is 4.27. The summed E-state index contributed by atoms with van der Waals surface area (Å²) in [7, 11) is 0.924. The van der Waals surface area contributed by atoms with Gasteiger partial charge in [0.25, 0.3) is 0 Å². The molecule has 0 spiro atoms. The highest BCUT2D eigenvalue weighted by molar-refractivity contribution is 14.0. The van der Waals surface area contributed by atoms with Crippen molar-refractivity contribution in [1.82, 2.24) is 10.6 Å². The van der Waals surface area contributed by atoms with E-state index in [1.165, 1.54) is 6.07 Å². The van der Waals surface area contributed by atoms with E-state index in [1.807, 2.05) is 6.92 Å². The lowest BCUT2D eigenvalue weighted by Crippen LogP contribution is -2.46. The molecule has 172 valence electrons. The first-order chi connectivity index (χ1) is 14.0. The molecule has 1 saturated carbocycles. The molecule has 30 heavy (non-hydrogen) atoms. The van der Waals surface area contributed by atoms with Crippen molar-refractivity contribution in [3.8, 4) is 11.5 Å². The van der Waals surface area contributed by atoms with Gasteiger partial charge in [0, 0.05) is 41.4 Å². The van der Waals surface area contributed by atoms with Gasteiger partial charge in [0.15, 0.2) is 17.5 Å². The molecule has 2 rings (SSSR count). The molecule has 0 amide bonds. The number of ether oxygens (including phenoxy) is 2. The Morgan fingerprint density at radius 3 is 2.70 bits per heavy atom. The van der Waals surface area contributed by atoms with Crippen LogP contribution in [0.4, 0.5) is 8.78 Å². The van der Waals surface area contributed by atoms with Gasteiger partial charge in [-0.15, -0.1) is 24.0 Å². The van der Waals surface area contributed by atoms with Crippen molar-refractivity contribution in [1.29, 1.82) is 0 Å². The summed E-state index contributed by atoms with van der Waals surface area (Å²) in [5, 5.41) is 6.89. The summed E-state index contributed by atoms with van der Waals surface area (Å²) >= 11 is 0. The van der Waals surface area contributed by atoms with E-state index in [-0.39, 0.29) is 46.8 Å². The normalized spacial score (nSPS) is 20.3. The molecule has 1 aromatic rings. The summed E-state index contributed by atoms with van der Waals surface area (Å²) in [6, 6.07) is 5.11. The predicted molar refractivity (Wildman–Crippen MR) is 128 cm³/mol. The number of benzene rings is 1. The van der Waals surface area contributed by atoms with Gasteiger partial charge in [0.05, 0.1) is 6.61 Å². The van der Waals surface area contributed by atoms with Crippen molar-refractivity contribution in [3.05, 3.63) is 23.8 Å². The van der Waals surface area contributed by atoms with E-state index >= 15 is 0 Å². The smallest absolute Gasteiger partial charge is 0.387 e. The van der Waals surface area contributed by atoms with Crippen molar-refractivity contribution in [2.24, 2.45) is 4.99 Å². The number of alkyl halides is 2. The summed E-state index contributed by atoms with van der Waals surface area (Å²) < 4.78 is 47.1. The lowest BCUT2D eigenvalue weighted by molar-refractivity contribution is -0.0514. The lowest BCUT2D eigenvalue weighted by Gasteiger charge is -2.30. The highest BCUT2D eigenvalue weighted by atomic mass is 127. The maximum atomic E-state index is 12.5. The zero-order valence-corrected chi connectivity index (χ0v) is 20.8. The Labute approximate surface area is 197 Å². The first-order valence-electron chi connectivity index (χ1n) is 10.0. The van der Waals surface area contributed by atoms with Crippen molar-refractivity contribution in [3.63, 3.8) is 0 Å². The second-order valence-electron chi connectivity index (χ2n) is 6.82. The van der Waals surface area contributed by atoms with Gasteiger partial charge in [0.2, 0.25) is 0 Å². The van der Waals surface area contributed by atoms with Crippen LogP contribution in [0.15, 0.2) is 23.2 Å². The number of hydrogen-bond acceptors (Lipinski definition) is 4. The zero-order chi connectivity index (χ0) is 21.2. The molecule has 3 unspecified atom stereocenters. The van der Waals surface area contributed by atoms with Gasteiger partial charge in [-0.25, -0.2) is 0 Å². The minimum absolute atomic E-state index is 0. The zero-order valence-electron chi connectivity index (χ0n) is 17.7. The molecule has 0 radical (unpaired) electrons. The molecular formula is C20H32F2IN3O3S. The van der Waals surface area contributed by atoms with Gasteiger partial charge in [0.1, 0.15) is 0 Å². The maximum absolute atomic E-state index is 12.5. The van der Waals surface area contributed by atoms with E-state index in [1.54, 1.807) is 26.1 Å². The summed E-state index contributed by atoms with van der Waals surface area (Å²) in [5.74, 6) is 1.65. The summed E-state index contributed by atoms with van der Waals surface area (Å²) in [6.07, 6.45) is 3.95. The Balaban J connectivity index is 0.00000450. The third-order valence-electron chi connectivity index (χ3n) is 4.83. The fourth-order valence-corrected chi connectivity index (χ4v) is 4.80. The van der Waals surface area contributed by atoms with Gasteiger partial charge in [-0.2, -0.15) is 8.78 Å². The van der Waals surface area contributed by atoms with Crippen molar-refractivity contribution < 1.29 is 22.5 Å². The van der Waals surface area contributed by atoms with Crippen molar-refractivity contribution in [2.75, 3.05) is 19.4 Å². The van der Waals surface area contributed by atoms with Gasteiger partial charge >= 0.3 is 6.61 Å². The molecule has 1 aromatic carbocycles. The molecule has 10 heteroatoms. The Morgan fingerprint density at radius 1 is 1.30 bits per heavy atom. The summed E-state index contributed by atoms with van der Waals surface area (Å²) in [6.45, 7) is 1.64. The van der Waals surface area contributed by atoms with E-state index in [0.717, 1.165) is 31.2 Å². The van der Waals surface area contributed by atoms with Crippen LogP contribution in [0.3, 0.4) is 0 Å². The molecule has 0 aliphatic heterocycles. The molecule has 0 saturated heterocycles. The molecule has 3 atom stereocenters. The Bertz CT molecular complexity index is 710. The minimum atomic E-state index is -2.90. The molecule has 2 N–H and O–H groups in total. The third-order valence-corrected chi connectivity index (χ3v) is 6.57. The Morgan fingerprint density at radius 2 is 2.07 bits per heavy atom. The SMILES string of the molecule is CCOc1cc(CNC(=NC)NC2CCCC(S(=O)CC)C2)ccc1OC(F)F.I. The quantitative estimate of drug-likeness (QED) is 0.272. The highest BCUT2D eigenvalue weighted by Gasteiger charge is 2.26. The predicted octanol–water partition coefficient (Wildman–Crippen LogP) is 4.05. The van der Waals surface area contributed by atoms with Crippen LogP contribution < -0.4 is 20.1 Å². The molecule has 0 aromatic heterocycles. The van der Waals surface area contributed by atoms with Crippen molar-refractivity contribution >= 4 is 40.7 Å². The number of guanidine groups is 1. The van der Waals surface area contributed by atoms with Crippen LogP contribution >= 0.6 is 24.0 Å². The molecule has 1 fully saturated rings. The Hall–Kier alpha value is -1.17. The van der Waals surface area contributed by atoms with Crippen LogP contribution in [0.25, 0.3) is 0 Å². The minimum Gasteiger partial charge on any atom is -0.490 e. The van der Waals surface area contributed by atoms with Crippen LogP contribution in [0.1, 0.15) is 45.1 Å². The second-order valence-corrected chi connectivity index (χ2v) is 8.82. The van der Waals surface area contributed by atoms with E-state index in [2.05, 4.69) is 20.4 Å². The van der Waals surface area contributed by atoms with Crippen LogP contribution in [-0.2, 0) is 17.3 Å². The first-order valence-corrected chi connectivity index (χ1v) is 11.4. The molecule has 6 nitrogen and oxygen atoms in total. The average molecular weight is 559 g/mol. The van der Waals surface area contributed by atoms with Gasteiger partial charge in [-0.05, 0) is 43.9 Å². The Kier molecular flexibility index (Phi) is 12.5. The van der Waals surface area contributed by atoms with E-state index in [4.69, 9.17) is 4.74 Å². The van der Waals surface area contributed by atoms with Crippen LogP contribution in [0.2, 0.25) is 0 Å². The monoisotopic (exact) mass is 559 g/mol. The topological polar surface area (TPSA) is 72.0 Å². The van der Waals surface area contributed by atoms with Gasteiger partial charge in [-0.1, -0.05) is 19.4 Å². The molecule has 0 bridgehead atoms. The first kappa shape index (κ1) is 26.9. The van der Waals surface area contributed by atoms with Crippen molar-refractivity contribution in [2.45, 2.75) is 64.0 Å². The van der Waals surface area contributed by atoms with Gasteiger partial charge in [-0.3, -0.25) is 9.20 Å². The second kappa shape index (κ2) is 14.0. The van der Waals surface area contributed by atoms with Crippen LogP contribution in [-0.4, -0.2) is 47.5 Å². The standard InChI is InChI=1S/C20H31F2N3O3S.HI/c1-4-27-18-11-14(9-10-17(18)28-19(21)22)13-24-20(23-3)25-15-7-6-8-16(12-15)29(26)5-2;/h9-11,15-16,19H,4-8,12-13H2,1-3H3,(H2,23,24,25);1H. The third kappa shape index (κ3) is 8.52. The average Bonchev–Trinajstić information content (AvgIpc) is 2.72. The summed E-state index contributed by atoms with van der Waals surface area (Å²) in [5.41, 5.74) is 0.853. The molecular weight excluding hydrogens is 527 g/mol. The van der Waals surface area contributed by atoms with E-state index < -0.39 is 17.4 Å². The lowest BCUT2D eigenvalue weighted by atomic mass is 9.95. The number of nitrogens with zero attached hydrogens (tertiary/aromatic N) is 1. The number of halogens is 3. The van der Waals surface area contributed by atoms with Crippen LogP contribution in [0, 0.1) is 0 Å². The number of nitrogens with one attached hydrogen (secondary N) is 2. The highest BCUT2D eigenvalue weighted by Crippen LogP contribution is 2.30. The molecule has 1 aliphatic rings. The largest absolute Gasteiger partial charge is 0.490 e. The number of hydrogen-bond donors (Lipinski definition) is 2. The molecule has 1 aliphatic carbocycles. The van der Waals surface area contributed by atoms with E-state index in [0.29, 0.717) is 24.9 Å². The fraction of sp³-hybridized carbons (Fsp3) is 0.650. The fourth-order valence-electron chi connectivity index (χ4n) is 3.45. The maximum Gasteiger partial charge on any atom is 0.387 e. The molecule has 0 heterocycles. The number of aliphatic imine (C=N–C) groups is 1. The van der Waals surface area contributed by atoms with E-state index in [9.17, 15) is 13.0 Å². The number of rotatable bonds is 9. The van der Waals surface area contributed by atoms with Crippen LogP contribution in [0.5, 0.6) is 11.5 Å². The van der Waals surface area contributed by atoms with Gasteiger partial charge < -0.3 is 20.1 Å².